The molecule has 0 spiro atoms. The fourth-order valence-corrected chi connectivity index (χ4v) is 4.19. The molecule has 7 nitrogen and oxygen atoms in total. The van der Waals surface area contributed by atoms with Crippen molar-refractivity contribution < 1.29 is 23.9 Å². The van der Waals surface area contributed by atoms with Gasteiger partial charge in [0.2, 0.25) is 11.8 Å². The average Bonchev–Trinajstić information content (AvgIpc) is 3.24. The molecule has 1 aliphatic heterocycles. The molecule has 3 aromatic carbocycles. The molecule has 0 aromatic heterocycles. The van der Waals surface area contributed by atoms with Crippen molar-refractivity contribution in [2.75, 3.05) is 23.4 Å². The zero-order valence-corrected chi connectivity index (χ0v) is 19.6. The van der Waals surface area contributed by atoms with Gasteiger partial charge < -0.3 is 15.0 Å². The first-order valence-electron chi connectivity index (χ1n) is 11.4. The summed E-state index contributed by atoms with van der Waals surface area (Å²) in [7, 11) is 0. The van der Waals surface area contributed by atoms with Gasteiger partial charge in [-0.05, 0) is 49.2 Å². The third-order valence-electron chi connectivity index (χ3n) is 6.02. The van der Waals surface area contributed by atoms with Gasteiger partial charge in [0.15, 0.2) is 12.4 Å². The average molecular weight is 471 g/mol. The number of nitrogens with zero attached hydrogens (tertiary/aromatic N) is 1. The summed E-state index contributed by atoms with van der Waals surface area (Å²) in [6.45, 7) is 3.87. The molecule has 178 valence electrons. The van der Waals surface area contributed by atoms with E-state index in [1.807, 2.05) is 32.0 Å². The maximum Gasteiger partial charge on any atom is 0.338 e. The van der Waals surface area contributed by atoms with Crippen molar-refractivity contribution in [1.82, 2.24) is 0 Å². The lowest BCUT2D eigenvalue weighted by Gasteiger charge is -2.21. The van der Waals surface area contributed by atoms with Gasteiger partial charge in [-0.25, -0.2) is 4.79 Å². The Kier molecular flexibility index (Phi) is 7.06. The van der Waals surface area contributed by atoms with E-state index in [0.717, 1.165) is 16.8 Å². The van der Waals surface area contributed by atoms with Crippen molar-refractivity contribution >= 4 is 34.9 Å². The normalized spacial score (nSPS) is 15.1. The zero-order chi connectivity index (χ0) is 24.9. The van der Waals surface area contributed by atoms with E-state index >= 15 is 0 Å². The molecule has 0 bridgehead atoms. The van der Waals surface area contributed by atoms with Crippen LogP contribution in [0.25, 0.3) is 0 Å². The van der Waals surface area contributed by atoms with Crippen LogP contribution in [0.2, 0.25) is 0 Å². The molecule has 7 heteroatoms. The molecule has 0 aliphatic carbocycles. The number of para-hydroxylation sites is 1. The molecule has 1 N–H and O–H groups in total. The zero-order valence-electron chi connectivity index (χ0n) is 19.6. The van der Waals surface area contributed by atoms with E-state index < -0.39 is 11.9 Å². The van der Waals surface area contributed by atoms with Gasteiger partial charge in [0, 0.05) is 29.9 Å². The van der Waals surface area contributed by atoms with Gasteiger partial charge in [-0.3, -0.25) is 14.4 Å². The largest absolute Gasteiger partial charge is 0.454 e. The highest BCUT2D eigenvalue weighted by atomic mass is 16.5. The fraction of sp³-hybridized carbons (Fsp3) is 0.214. The summed E-state index contributed by atoms with van der Waals surface area (Å²) in [5.41, 5.74) is 4.09. The smallest absolute Gasteiger partial charge is 0.338 e. The summed E-state index contributed by atoms with van der Waals surface area (Å²) in [4.78, 5) is 51.5. The second-order valence-corrected chi connectivity index (χ2v) is 8.58. The van der Waals surface area contributed by atoms with Crippen molar-refractivity contribution in [3.8, 4) is 0 Å². The number of hydrogen-bond donors (Lipinski definition) is 1. The second-order valence-electron chi connectivity index (χ2n) is 8.58. The highest BCUT2D eigenvalue weighted by Gasteiger charge is 2.36. The number of rotatable bonds is 7. The monoisotopic (exact) mass is 470 g/mol. The standard InChI is InChI=1S/C28H26N2O5/c1-18-7-6-8-19(2)26(18)30-16-22(15-25(30)32)27(33)29-23-13-11-21(12-14-23)28(34)35-17-24(31)20-9-4-3-5-10-20/h3-14,22H,15-17H2,1-2H3,(H,29,33)/t22-/m0/s1. The number of anilines is 2. The van der Waals surface area contributed by atoms with Gasteiger partial charge in [0.25, 0.3) is 0 Å². The maximum absolute atomic E-state index is 12.8. The highest BCUT2D eigenvalue weighted by Crippen LogP contribution is 2.31. The molecule has 1 atom stereocenters. The Morgan fingerprint density at radius 1 is 0.886 bits per heavy atom. The van der Waals surface area contributed by atoms with E-state index in [4.69, 9.17) is 4.74 Å². The van der Waals surface area contributed by atoms with Crippen molar-refractivity contribution in [3.05, 3.63) is 95.1 Å². The number of hydrogen-bond acceptors (Lipinski definition) is 5. The van der Waals surface area contributed by atoms with E-state index in [9.17, 15) is 19.2 Å². The number of carbonyl (C=O) groups is 4. The van der Waals surface area contributed by atoms with Gasteiger partial charge in [-0.1, -0.05) is 48.5 Å². The number of Topliss-reactive ketones (excluding diaryl/α,β-unsaturated/α-hetero) is 1. The lowest BCUT2D eigenvalue weighted by atomic mass is 10.1. The summed E-state index contributed by atoms with van der Waals surface area (Å²) < 4.78 is 5.11. The van der Waals surface area contributed by atoms with Gasteiger partial charge in [-0.2, -0.15) is 0 Å². The lowest BCUT2D eigenvalue weighted by Crippen LogP contribution is -2.29. The number of aryl methyl sites for hydroxylation is 2. The molecule has 0 unspecified atom stereocenters. The van der Waals surface area contributed by atoms with E-state index in [2.05, 4.69) is 5.32 Å². The van der Waals surface area contributed by atoms with Gasteiger partial charge >= 0.3 is 5.97 Å². The molecule has 1 aliphatic rings. The molecule has 1 saturated heterocycles. The Bertz CT molecular complexity index is 1250. The fourth-order valence-electron chi connectivity index (χ4n) is 4.19. The number of esters is 1. The summed E-state index contributed by atoms with van der Waals surface area (Å²) in [5, 5.41) is 2.82. The van der Waals surface area contributed by atoms with Crippen molar-refractivity contribution in [2.24, 2.45) is 5.92 Å². The Hall–Kier alpha value is -4.26. The number of nitrogens with one attached hydrogen (secondary N) is 1. The van der Waals surface area contributed by atoms with Crippen LogP contribution in [0.3, 0.4) is 0 Å². The summed E-state index contributed by atoms with van der Waals surface area (Å²) in [6, 6.07) is 20.7. The second kappa shape index (κ2) is 10.3. The number of ether oxygens (including phenoxy) is 1. The Morgan fingerprint density at radius 2 is 1.54 bits per heavy atom. The molecule has 0 radical (unpaired) electrons. The minimum absolute atomic E-state index is 0.0781. The van der Waals surface area contributed by atoms with Crippen LogP contribution in [0.5, 0.6) is 0 Å². The summed E-state index contributed by atoms with van der Waals surface area (Å²) in [5.74, 6) is -1.72. The van der Waals surface area contributed by atoms with Gasteiger partial charge in [0.05, 0.1) is 11.5 Å². The first-order chi connectivity index (χ1) is 16.8. The van der Waals surface area contributed by atoms with Gasteiger partial charge in [0.1, 0.15) is 0 Å². The van der Waals surface area contributed by atoms with E-state index in [1.165, 1.54) is 12.1 Å². The maximum atomic E-state index is 12.8. The molecular weight excluding hydrogens is 444 g/mol. The van der Waals surface area contributed by atoms with E-state index in [0.29, 0.717) is 17.8 Å². The van der Waals surface area contributed by atoms with Crippen LogP contribution < -0.4 is 10.2 Å². The Balaban J connectivity index is 1.33. The molecule has 0 saturated carbocycles. The van der Waals surface area contributed by atoms with Crippen LogP contribution >= 0.6 is 0 Å². The first kappa shape index (κ1) is 23.9. The molecule has 1 heterocycles. The van der Waals surface area contributed by atoms with Crippen LogP contribution in [-0.4, -0.2) is 36.7 Å². The van der Waals surface area contributed by atoms with Crippen molar-refractivity contribution in [1.29, 1.82) is 0 Å². The Morgan fingerprint density at radius 3 is 2.20 bits per heavy atom. The molecular formula is C28H26N2O5. The highest BCUT2D eigenvalue weighted by molar-refractivity contribution is 6.04. The van der Waals surface area contributed by atoms with E-state index in [1.54, 1.807) is 47.4 Å². The third kappa shape index (κ3) is 5.46. The molecule has 2 amide bonds. The summed E-state index contributed by atoms with van der Waals surface area (Å²) >= 11 is 0. The number of benzene rings is 3. The summed E-state index contributed by atoms with van der Waals surface area (Å²) in [6.07, 6.45) is 0.138. The van der Waals surface area contributed by atoms with Crippen LogP contribution in [-0.2, 0) is 14.3 Å². The van der Waals surface area contributed by atoms with Crippen LogP contribution in [0, 0.1) is 19.8 Å². The van der Waals surface area contributed by atoms with Crippen LogP contribution in [0.15, 0.2) is 72.8 Å². The Labute approximate surface area is 203 Å². The first-order valence-corrected chi connectivity index (χ1v) is 11.4. The number of amides is 2. The number of ketones is 1. The lowest BCUT2D eigenvalue weighted by molar-refractivity contribution is -0.122. The van der Waals surface area contributed by atoms with Crippen molar-refractivity contribution in [2.45, 2.75) is 20.3 Å². The van der Waals surface area contributed by atoms with E-state index in [-0.39, 0.29) is 36.2 Å². The third-order valence-corrected chi connectivity index (χ3v) is 6.02. The SMILES string of the molecule is Cc1cccc(C)c1N1C[C@@H](C(=O)Nc2ccc(C(=O)OCC(=O)c3ccccc3)cc2)CC1=O. The van der Waals surface area contributed by atoms with Crippen molar-refractivity contribution in [3.63, 3.8) is 0 Å². The predicted molar refractivity (Wildman–Crippen MR) is 133 cm³/mol. The number of carbonyl (C=O) groups excluding carboxylic acids is 4. The van der Waals surface area contributed by atoms with Crippen LogP contribution in [0.4, 0.5) is 11.4 Å². The molecule has 1 fully saturated rings. The minimum Gasteiger partial charge on any atom is -0.454 e. The molecule has 3 aromatic rings. The predicted octanol–water partition coefficient (Wildman–Crippen LogP) is 4.33. The molecule has 4 rings (SSSR count). The minimum atomic E-state index is -0.627. The topological polar surface area (TPSA) is 92.8 Å². The quantitative estimate of drug-likeness (QED) is 0.410. The van der Waals surface area contributed by atoms with Crippen LogP contribution in [0.1, 0.15) is 38.3 Å². The molecule has 35 heavy (non-hydrogen) atoms. The van der Waals surface area contributed by atoms with Gasteiger partial charge in [-0.15, -0.1) is 0 Å².